The molecule has 0 atom stereocenters. The molecule has 5 nitrogen and oxygen atoms in total. The van der Waals surface area contributed by atoms with Gasteiger partial charge in [0.05, 0.1) is 6.61 Å². The molecule has 1 heterocycles. The van der Waals surface area contributed by atoms with Gasteiger partial charge in [0.1, 0.15) is 18.2 Å². The molecule has 1 aromatic carbocycles. The summed E-state index contributed by atoms with van der Waals surface area (Å²) in [6.07, 6.45) is 1.04. The van der Waals surface area contributed by atoms with Crippen LogP contribution in [0.3, 0.4) is 0 Å². The Labute approximate surface area is 125 Å². The van der Waals surface area contributed by atoms with Gasteiger partial charge in [0.25, 0.3) is 0 Å². The van der Waals surface area contributed by atoms with Crippen molar-refractivity contribution >= 4 is 5.82 Å². The van der Waals surface area contributed by atoms with Crippen LogP contribution in [0, 0.1) is 6.92 Å². The first-order valence-corrected chi connectivity index (χ1v) is 7.12. The van der Waals surface area contributed by atoms with Crippen LogP contribution in [0.2, 0.25) is 0 Å². The Morgan fingerprint density at radius 3 is 2.86 bits per heavy atom. The fourth-order valence-electron chi connectivity index (χ4n) is 1.92. The van der Waals surface area contributed by atoms with Gasteiger partial charge in [0.15, 0.2) is 5.82 Å². The molecule has 0 aliphatic heterocycles. The monoisotopic (exact) mass is 287 g/mol. The Morgan fingerprint density at radius 2 is 2.10 bits per heavy atom. The number of aliphatic hydroxyl groups excluding tert-OH is 1. The maximum Gasteiger partial charge on any atom is 0.168 e. The molecule has 0 bridgehead atoms. The van der Waals surface area contributed by atoms with Gasteiger partial charge in [-0.3, -0.25) is 0 Å². The summed E-state index contributed by atoms with van der Waals surface area (Å²) in [6, 6.07) is 9.29. The zero-order valence-corrected chi connectivity index (χ0v) is 12.5. The van der Waals surface area contributed by atoms with E-state index in [4.69, 9.17) is 9.84 Å². The smallest absolute Gasteiger partial charge is 0.168 e. The molecule has 0 radical (unpaired) electrons. The average Bonchev–Trinajstić information content (AvgIpc) is 2.50. The van der Waals surface area contributed by atoms with Gasteiger partial charge >= 0.3 is 0 Å². The van der Waals surface area contributed by atoms with Gasteiger partial charge in [-0.15, -0.1) is 0 Å². The van der Waals surface area contributed by atoms with Crippen LogP contribution in [0.25, 0.3) is 0 Å². The third-order valence-corrected chi connectivity index (χ3v) is 2.91. The van der Waals surface area contributed by atoms with Gasteiger partial charge < -0.3 is 15.2 Å². The number of nitrogens with one attached hydrogen (secondary N) is 1. The van der Waals surface area contributed by atoms with E-state index in [0.717, 1.165) is 30.0 Å². The summed E-state index contributed by atoms with van der Waals surface area (Å²) in [6.45, 7) is 5.24. The van der Waals surface area contributed by atoms with Gasteiger partial charge in [-0.25, -0.2) is 9.97 Å². The van der Waals surface area contributed by atoms with Crippen molar-refractivity contribution < 1.29 is 9.84 Å². The third kappa shape index (κ3) is 4.72. The predicted molar refractivity (Wildman–Crippen MR) is 82.2 cm³/mol. The van der Waals surface area contributed by atoms with Crippen LogP contribution in [0.5, 0.6) is 5.75 Å². The quantitative estimate of drug-likeness (QED) is 0.819. The number of hydrogen-bond donors (Lipinski definition) is 2. The average molecular weight is 287 g/mol. The fourth-order valence-corrected chi connectivity index (χ4v) is 1.92. The minimum atomic E-state index is 0.00321. The van der Waals surface area contributed by atoms with Crippen molar-refractivity contribution in [2.75, 3.05) is 11.9 Å². The van der Waals surface area contributed by atoms with Crippen LogP contribution in [-0.4, -0.2) is 21.6 Å². The Morgan fingerprint density at radius 1 is 1.24 bits per heavy atom. The molecule has 0 fully saturated rings. The number of ether oxygens (including phenoxy) is 1. The lowest BCUT2D eigenvalue weighted by molar-refractivity contribution is 0.276. The molecule has 0 amide bonds. The van der Waals surface area contributed by atoms with Crippen molar-refractivity contribution in [3.63, 3.8) is 0 Å². The molecule has 0 unspecified atom stereocenters. The molecule has 0 spiro atoms. The Bertz CT molecular complexity index is 587. The van der Waals surface area contributed by atoms with Gasteiger partial charge in [-0.1, -0.05) is 19.1 Å². The van der Waals surface area contributed by atoms with Crippen LogP contribution in [0.1, 0.15) is 30.4 Å². The SMILES string of the molecule is CCCNc1cc(C)nc(COc2cccc(CO)c2)n1. The molecule has 0 aliphatic rings. The summed E-state index contributed by atoms with van der Waals surface area (Å²) < 4.78 is 5.69. The first kappa shape index (κ1) is 15.3. The Hall–Kier alpha value is -2.14. The number of rotatable bonds is 7. The van der Waals surface area contributed by atoms with E-state index in [9.17, 15) is 0 Å². The van der Waals surface area contributed by atoms with E-state index in [2.05, 4.69) is 22.2 Å². The summed E-state index contributed by atoms with van der Waals surface area (Å²) in [4.78, 5) is 8.81. The number of benzene rings is 1. The van der Waals surface area contributed by atoms with Crippen LogP contribution in [0.15, 0.2) is 30.3 Å². The van der Waals surface area contributed by atoms with E-state index >= 15 is 0 Å². The van der Waals surface area contributed by atoms with E-state index < -0.39 is 0 Å². The molecular formula is C16H21N3O2. The van der Waals surface area contributed by atoms with Gasteiger partial charge in [-0.05, 0) is 31.0 Å². The second-order valence-corrected chi connectivity index (χ2v) is 4.83. The first-order chi connectivity index (χ1) is 10.2. The lowest BCUT2D eigenvalue weighted by Gasteiger charge is -2.09. The van der Waals surface area contributed by atoms with E-state index in [1.165, 1.54) is 0 Å². The van der Waals surface area contributed by atoms with Gasteiger partial charge in [0.2, 0.25) is 0 Å². The molecular weight excluding hydrogens is 266 g/mol. The van der Waals surface area contributed by atoms with E-state index in [0.29, 0.717) is 18.2 Å². The van der Waals surface area contributed by atoms with Gasteiger partial charge in [-0.2, -0.15) is 0 Å². The molecule has 2 N–H and O–H groups in total. The van der Waals surface area contributed by atoms with Crippen LogP contribution < -0.4 is 10.1 Å². The summed E-state index contributed by atoms with van der Waals surface area (Å²) in [7, 11) is 0. The highest BCUT2D eigenvalue weighted by molar-refractivity contribution is 5.35. The van der Waals surface area contributed by atoms with Crippen LogP contribution in [-0.2, 0) is 13.2 Å². The third-order valence-electron chi connectivity index (χ3n) is 2.91. The van der Waals surface area contributed by atoms with Crippen molar-refractivity contribution in [1.29, 1.82) is 0 Å². The topological polar surface area (TPSA) is 67.3 Å². The van der Waals surface area contributed by atoms with E-state index in [1.807, 2.05) is 37.3 Å². The summed E-state index contributed by atoms with van der Waals surface area (Å²) in [5, 5.41) is 12.4. The van der Waals surface area contributed by atoms with Crippen LogP contribution >= 0.6 is 0 Å². The molecule has 1 aromatic heterocycles. The first-order valence-electron chi connectivity index (χ1n) is 7.12. The standard InChI is InChI=1S/C16H21N3O2/c1-3-7-17-15-8-12(2)18-16(19-15)11-21-14-6-4-5-13(9-14)10-20/h4-6,8-9,20H,3,7,10-11H2,1-2H3,(H,17,18,19). The number of nitrogens with zero attached hydrogens (tertiary/aromatic N) is 2. The van der Waals surface area contributed by atoms with Crippen molar-refractivity contribution in [1.82, 2.24) is 9.97 Å². The molecule has 0 aliphatic carbocycles. The highest BCUT2D eigenvalue weighted by Gasteiger charge is 2.04. The maximum absolute atomic E-state index is 9.11. The second-order valence-electron chi connectivity index (χ2n) is 4.83. The summed E-state index contributed by atoms with van der Waals surface area (Å²) in [5.41, 5.74) is 1.73. The lowest BCUT2D eigenvalue weighted by Crippen LogP contribution is -2.08. The number of anilines is 1. The van der Waals surface area contributed by atoms with Crippen molar-refractivity contribution in [2.24, 2.45) is 0 Å². The summed E-state index contributed by atoms with van der Waals surface area (Å²) in [5.74, 6) is 2.17. The molecule has 0 saturated carbocycles. The number of aliphatic hydroxyl groups is 1. The lowest BCUT2D eigenvalue weighted by atomic mass is 10.2. The molecule has 2 aromatic rings. The Balaban J connectivity index is 2.03. The molecule has 0 saturated heterocycles. The zero-order valence-electron chi connectivity index (χ0n) is 12.5. The minimum Gasteiger partial charge on any atom is -0.486 e. The number of aryl methyl sites for hydroxylation is 1. The van der Waals surface area contributed by atoms with Crippen molar-refractivity contribution in [3.8, 4) is 5.75 Å². The minimum absolute atomic E-state index is 0.00321. The second kappa shape index (κ2) is 7.59. The molecule has 2 rings (SSSR count). The molecule has 21 heavy (non-hydrogen) atoms. The van der Waals surface area contributed by atoms with E-state index in [1.54, 1.807) is 0 Å². The van der Waals surface area contributed by atoms with Crippen molar-refractivity contribution in [3.05, 3.63) is 47.4 Å². The predicted octanol–water partition coefficient (Wildman–Crippen LogP) is 2.68. The van der Waals surface area contributed by atoms with Crippen molar-refractivity contribution in [2.45, 2.75) is 33.5 Å². The highest BCUT2D eigenvalue weighted by Crippen LogP contribution is 2.15. The normalized spacial score (nSPS) is 10.4. The Kier molecular flexibility index (Phi) is 5.51. The zero-order chi connectivity index (χ0) is 15.1. The summed E-state index contributed by atoms with van der Waals surface area (Å²) >= 11 is 0. The molecule has 112 valence electrons. The largest absolute Gasteiger partial charge is 0.486 e. The maximum atomic E-state index is 9.11. The highest BCUT2D eigenvalue weighted by atomic mass is 16.5. The van der Waals surface area contributed by atoms with Crippen LogP contribution in [0.4, 0.5) is 5.82 Å². The van der Waals surface area contributed by atoms with E-state index in [-0.39, 0.29) is 6.61 Å². The fraction of sp³-hybridized carbons (Fsp3) is 0.375. The molecule has 5 heteroatoms. The number of hydrogen-bond acceptors (Lipinski definition) is 5. The number of aromatic nitrogens is 2. The van der Waals surface area contributed by atoms with Gasteiger partial charge in [0, 0.05) is 18.3 Å².